The van der Waals surface area contributed by atoms with E-state index < -0.39 is 10.1 Å². The van der Waals surface area contributed by atoms with Gasteiger partial charge in [0, 0.05) is 18.6 Å². The second-order valence-corrected chi connectivity index (χ2v) is 8.43. The highest BCUT2D eigenvalue weighted by atomic mass is 32.2. The van der Waals surface area contributed by atoms with Crippen LogP contribution in [0.2, 0.25) is 0 Å². The fourth-order valence-electron chi connectivity index (χ4n) is 3.18. The van der Waals surface area contributed by atoms with E-state index in [1.807, 2.05) is 18.2 Å². The number of rotatable bonds is 6. The van der Waals surface area contributed by atoms with Crippen molar-refractivity contribution in [1.29, 1.82) is 0 Å². The highest BCUT2D eigenvalue weighted by Crippen LogP contribution is 2.28. The van der Waals surface area contributed by atoms with Gasteiger partial charge in [-0.3, -0.25) is 0 Å². The van der Waals surface area contributed by atoms with Gasteiger partial charge in [-0.05, 0) is 25.0 Å². The molecule has 2 heterocycles. The monoisotopic (exact) mass is 340 g/mol. The van der Waals surface area contributed by atoms with Crippen molar-refractivity contribution < 1.29 is 17.9 Å². The van der Waals surface area contributed by atoms with Gasteiger partial charge in [0.2, 0.25) is 0 Å². The summed E-state index contributed by atoms with van der Waals surface area (Å²) in [6, 6.07) is 8.61. The van der Waals surface area contributed by atoms with Crippen LogP contribution in [0.4, 0.5) is 0 Å². The van der Waals surface area contributed by atoms with E-state index in [0.29, 0.717) is 12.5 Å². The molecule has 0 aliphatic carbocycles. The number of thiazole rings is 1. The summed E-state index contributed by atoms with van der Waals surface area (Å²) in [5, 5.41) is 1.19. The molecule has 1 N–H and O–H groups in total. The molecular weight excluding hydrogens is 320 g/mol. The van der Waals surface area contributed by atoms with Crippen LogP contribution >= 0.6 is 11.3 Å². The average molecular weight is 340 g/mol. The summed E-state index contributed by atoms with van der Waals surface area (Å²) in [4.78, 5) is 6.24. The Hall–Kier alpha value is -1.02. The van der Waals surface area contributed by atoms with E-state index in [1.54, 1.807) is 11.3 Å². The molecule has 1 aromatic carbocycles. The third kappa shape index (κ3) is 3.84. The first-order valence-corrected chi connectivity index (χ1v) is 10.1. The Balaban J connectivity index is 1.63. The maximum atomic E-state index is 10.6. The van der Waals surface area contributed by atoms with E-state index in [-0.39, 0.29) is 5.75 Å². The van der Waals surface area contributed by atoms with Crippen LogP contribution in [0.15, 0.2) is 24.3 Å². The molecule has 22 heavy (non-hydrogen) atoms. The van der Waals surface area contributed by atoms with Crippen LogP contribution in [0.5, 0.6) is 0 Å². The molecule has 0 amide bonds. The van der Waals surface area contributed by atoms with E-state index in [9.17, 15) is 13.0 Å². The predicted octanol–water partition coefficient (Wildman–Crippen LogP) is 1.34. The Morgan fingerprint density at radius 1 is 1.32 bits per heavy atom. The number of hydrogen-bond acceptors (Lipinski definition) is 5. The lowest BCUT2D eigenvalue weighted by Crippen LogP contribution is -3.10. The van der Waals surface area contributed by atoms with Gasteiger partial charge in [-0.25, -0.2) is 13.4 Å². The number of quaternary nitrogens is 1. The molecule has 1 aliphatic heterocycles. The van der Waals surface area contributed by atoms with Gasteiger partial charge < -0.3 is 9.45 Å². The third-order valence-electron chi connectivity index (χ3n) is 4.23. The van der Waals surface area contributed by atoms with Gasteiger partial charge in [-0.15, -0.1) is 11.3 Å². The average Bonchev–Trinajstić information content (AvgIpc) is 3.08. The van der Waals surface area contributed by atoms with Crippen LogP contribution < -0.4 is 4.90 Å². The van der Waals surface area contributed by atoms with Crippen LogP contribution in [0.3, 0.4) is 0 Å². The maximum absolute atomic E-state index is 10.6. The standard InChI is InChI=1S/C15H20N2O3S2/c18-22(19,20)11-4-3-9-17-10-5-7-13(17)15-16-12-6-1-2-8-14(12)21-15/h1-2,6,8,13H,3-5,7,9-11H2,(H,18,19,20)/t13-/m0/s1. The van der Waals surface area contributed by atoms with Gasteiger partial charge in [-0.1, -0.05) is 12.1 Å². The molecule has 1 saturated heterocycles. The zero-order valence-corrected chi connectivity index (χ0v) is 14.0. The van der Waals surface area contributed by atoms with Crippen molar-refractivity contribution in [3.05, 3.63) is 29.3 Å². The van der Waals surface area contributed by atoms with E-state index in [2.05, 4.69) is 6.07 Å². The van der Waals surface area contributed by atoms with E-state index >= 15 is 0 Å². The van der Waals surface area contributed by atoms with E-state index in [4.69, 9.17) is 4.98 Å². The van der Waals surface area contributed by atoms with Crippen LogP contribution in [-0.4, -0.2) is 36.8 Å². The zero-order chi connectivity index (χ0) is 15.6. The van der Waals surface area contributed by atoms with E-state index in [1.165, 1.54) is 21.0 Å². The Labute approximate surface area is 134 Å². The summed E-state index contributed by atoms with van der Waals surface area (Å²) in [6.07, 6.45) is 3.55. The molecule has 1 fully saturated rings. The summed E-state index contributed by atoms with van der Waals surface area (Å²) in [5.74, 6) is -0.244. The molecule has 3 rings (SSSR count). The number of aromatic nitrogens is 1. The molecule has 1 aliphatic rings. The first-order chi connectivity index (χ1) is 10.5. The molecule has 7 heteroatoms. The van der Waals surface area contributed by atoms with Crippen molar-refractivity contribution >= 4 is 31.7 Å². The second kappa shape index (κ2) is 6.62. The minimum atomic E-state index is -4.07. The van der Waals surface area contributed by atoms with Gasteiger partial charge in [0.25, 0.3) is 0 Å². The van der Waals surface area contributed by atoms with Crippen molar-refractivity contribution in [1.82, 2.24) is 4.98 Å². The van der Waals surface area contributed by atoms with Gasteiger partial charge >= 0.3 is 0 Å². The first-order valence-electron chi connectivity index (χ1n) is 7.66. The Morgan fingerprint density at radius 3 is 2.91 bits per heavy atom. The summed E-state index contributed by atoms with van der Waals surface area (Å²) >= 11 is 1.76. The maximum Gasteiger partial charge on any atom is 0.151 e. The molecule has 0 radical (unpaired) electrons. The SMILES string of the molecule is O=S(=O)([O-])CCCC[NH+]1CCC[C@H]1c1nc2ccccc2s1. The third-order valence-corrected chi connectivity index (χ3v) is 6.17. The van der Waals surface area contributed by atoms with Crippen molar-refractivity contribution in [3.8, 4) is 0 Å². The van der Waals surface area contributed by atoms with Crippen LogP contribution in [0, 0.1) is 0 Å². The Morgan fingerprint density at radius 2 is 2.14 bits per heavy atom. The highest BCUT2D eigenvalue weighted by molar-refractivity contribution is 7.85. The Bertz CT molecular complexity index is 709. The van der Waals surface area contributed by atoms with Crippen LogP contribution in [-0.2, 0) is 10.1 Å². The zero-order valence-electron chi connectivity index (χ0n) is 12.3. The smallest absolute Gasteiger partial charge is 0.151 e. The molecule has 120 valence electrons. The summed E-state index contributed by atoms with van der Waals surface area (Å²) in [6.45, 7) is 2.01. The molecule has 1 unspecified atom stereocenters. The molecule has 2 aromatic rings. The predicted molar refractivity (Wildman–Crippen MR) is 86.1 cm³/mol. The molecule has 0 spiro atoms. The molecular formula is C15H20N2O3S2. The molecule has 2 atom stereocenters. The van der Waals surface area contributed by atoms with Crippen molar-refractivity contribution in [2.24, 2.45) is 0 Å². The quantitative estimate of drug-likeness (QED) is 0.636. The van der Waals surface area contributed by atoms with Crippen molar-refractivity contribution in [2.45, 2.75) is 31.7 Å². The number of para-hydroxylation sites is 1. The lowest BCUT2D eigenvalue weighted by Gasteiger charge is -2.19. The minimum absolute atomic E-state index is 0.244. The fourth-order valence-corrected chi connectivity index (χ4v) is 4.90. The molecule has 5 nitrogen and oxygen atoms in total. The lowest BCUT2D eigenvalue weighted by molar-refractivity contribution is -0.918. The minimum Gasteiger partial charge on any atom is -0.748 e. The topological polar surface area (TPSA) is 74.5 Å². The number of nitrogens with zero attached hydrogens (tertiary/aromatic N) is 1. The van der Waals surface area contributed by atoms with Gasteiger partial charge in [-0.2, -0.15) is 0 Å². The van der Waals surface area contributed by atoms with Crippen LogP contribution in [0.25, 0.3) is 10.2 Å². The van der Waals surface area contributed by atoms with Crippen molar-refractivity contribution in [2.75, 3.05) is 18.8 Å². The lowest BCUT2D eigenvalue weighted by atomic mass is 10.2. The van der Waals surface area contributed by atoms with E-state index in [0.717, 1.165) is 31.4 Å². The summed E-state index contributed by atoms with van der Waals surface area (Å²) in [7, 11) is -4.07. The highest BCUT2D eigenvalue weighted by Gasteiger charge is 2.32. The van der Waals surface area contributed by atoms with Gasteiger partial charge in [0.05, 0.1) is 33.4 Å². The van der Waals surface area contributed by atoms with Gasteiger partial charge in [0.1, 0.15) is 6.04 Å². The number of benzene rings is 1. The summed E-state index contributed by atoms with van der Waals surface area (Å²) in [5.41, 5.74) is 1.06. The summed E-state index contributed by atoms with van der Waals surface area (Å²) < 4.78 is 33.1. The number of nitrogens with one attached hydrogen (secondary N) is 1. The second-order valence-electron chi connectivity index (χ2n) is 5.84. The Kier molecular flexibility index (Phi) is 4.77. The molecule has 0 saturated carbocycles. The molecule has 0 bridgehead atoms. The van der Waals surface area contributed by atoms with Gasteiger partial charge in [0.15, 0.2) is 5.01 Å². The van der Waals surface area contributed by atoms with Crippen molar-refractivity contribution in [3.63, 3.8) is 0 Å². The number of unbranched alkanes of at least 4 members (excludes halogenated alkanes) is 1. The largest absolute Gasteiger partial charge is 0.748 e. The normalized spacial score (nSPS) is 22.4. The number of likely N-dealkylation sites (tertiary alicyclic amines) is 1. The number of fused-ring (bicyclic) bond motifs is 1. The molecule has 1 aromatic heterocycles. The number of hydrogen-bond donors (Lipinski definition) is 1. The van der Waals surface area contributed by atoms with Crippen LogP contribution in [0.1, 0.15) is 36.7 Å². The fraction of sp³-hybridized carbons (Fsp3) is 0.533. The first kappa shape index (κ1) is 15.9.